The van der Waals surface area contributed by atoms with E-state index in [0.717, 1.165) is 17.4 Å². The lowest BCUT2D eigenvalue weighted by atomic mass is 10.0. The van der Waals surface area contributed by atoms with Crippen LogP contribution in [0.4, 0.5) is 0 Å². The van der Waals surface area contributed by atoms with Crippen LogP contribution in [0.5, 0.6) is 0 Å². The molecule has 0 aliphatic rings. The summed E-state index contributed by atoms with van der Waals surface area (Å²) in [5.41, 5.74) is 1.93. The van der Waals surface area contributed by atoms with Crippen molar-refractivity contribution in [3.63, 3.8) is 0 Å². The van der Waals surface area contributed by atoms with Gasteiger partial charge in [0.1, 0.15) is 11.4 Å². The molecule has 1 aromatic heterocycles. The predicted octanol–water partition coefficient (Wildman–Crippen LogP) is 1.30. The fourth-order valence-electron chi connectivity index (χ4n) is 2.29. The molecule has 0 amide bonds. The normalized spacial score (nSPS) is 14.4. The van der Waals surface area contributed by atoms with E-state index < -0.39 is 27.0 Å². The Balaban J connectivity index is 2.17. The lowest BCUT2D eigenvalue weighted by Crippen LogP contribution is -2.45. The first-order valence-electron chi connectivity index (χ1n) is 7.19. The van der Waals surface area contributed by atoms with E-state index in [0.29, 0.717) is 0 Å². The second-order valence-electron chi connectivity index (χ2n) is 5.69. The van der Waals surface area contributed by atoms with E-state index in [9.17, 15) is 13.2 Å². The maximum atomic E-state index is 11.9. The molecule has 0 aliphatic carbocycles. The summed E-state index contributed by atoms with van der Waals surface area (Å²) in [6, 6.07) is 9.68. The third-order valence-corrected chi connectivity index (χ3v) is 6.18. The average molecular weight is 336 g/mol. The molecule has 7 heteroatoms. The van der Waals surface area contributed by atoms with Crippen LogP contribution in [0.25, 0.3) is 11.1 Å². The highest BCUT2D eigenvalue weighted by atomic mass is 32.2. The SMILES string of the molecule is C[C@@](CCn1cc(-c2ccccc2)cn1)(C(=O)CO)S(C)(=O)=O. The van der Waals surface area contributed by atoms with Gasteiger partial charge in [0.2, 0.25) is 0 Å². The van der Waals surface area contributed by atoms with E-state index in [-0.39, 0.29) is 13.0 Å². The van der Waals surface area contributed by atoms with Crippen LogP contribution in [0, 0.1) is 0 Å². The zero-order valence-electron chi connectivity index (χ0n) is 13.1. The molecular formula is C16H20N2O4S. The number of aliphatic hydroxyl groups is 1. The number of nitrogens with zero attached hydrogens (tertiary/aromatic N) is 2. The van der Waals surface area contributed by atoms with Crippen LogP contribution in [0.1, 0.15) is 13.3 Å². The second-order valence-corrected chi connectivity index (χ2v) is 8.14. The molecule has 1 N–H and O–H groups in total. The minimum atomic E-state index is -3.64. The second kappa shape index (κ2) is 6.64. The Morgan fingerprint density at radius 3 is 2.48 bits per heavy atom. The predicted molar refractivity (Wildman–Crippen MR) is 87.6 cm³/mol. The van der Waals surface area contributed by atoms with Crippen LogP contribution in [-0.4, -0.2) is 46.7 Å². The Morgan fingerprint density at radius 2 is 1.91 bits per heavy atom. The van der Waals surface area contributed by atoms with E-state index in [4.69, 9.17) is 5.11 Å². The largest absolute Gasteiger partial charge is 0.389 e. The fourth-order valence-corrected chi connectivity index (χ4v) is 3.23. The van der Waals surface area contributed by atoms with Gasteiger partial charge in [-0.2, -0.15) is 5.10 Å². The van der Waals surface area contributed by atoms with E-state index >= 15 is 0 Å². The van der Waals surface area contributed by atoms with Crippen LogP contribution in [0.2, 0.25) is 0 Å². The summed E-state index contributed by atoms with van der Waals surface area (Å²) in [4.78, 5) is 11.9. The van der Waals surface area contributed by atoms with Gasteiger partial charge in [-0.15, -0.1) is 0 Å². The Morgan fingerprint density at radius 1 is 1.26 bits per heavy atom. The molecule has 0 unspecified atom stereocenters. The number of carbonyl (C=O) groups is 1. The van der Waals surface area contributed by atoms with Gasteiger partial charge in [0, 0.05) is 24.6 Å². The number of rotatable bonds is 7. The monoisotopic (exact) mass is 336 g/mol. The maximum Gasteiger partial charge on any atom is 0.179 e. The van der Waals surface area contributed by atoms with Crippen molar-refractivity contribution in [1.82, 2.24) is 9.78 Å². The van der Waals surface area contributed by atoms with Crippen molar-refractivity contribution in [3.05, 3.63) is 42.7 Å². The number of aliphatic hydroxyl groups excluding tert-OH is 1. The van der Waals surface area contributed by atoms with Crippen molar-refractivity contribution in [2.75, 3.05) is 12.9 Å². The van der Waals surface area contributed by atoms with Gasteiger partial charge >= 0.3 is 0 Å². The van der Waals surface area contributed by atoms with Crippen LogP contribution in [0.3, 0.4) is 0 Å². The van der Waals surface area contributed by atoms with Gasteiger partial charge in [0.25, 0.3) is 0 Å². The van der Waals surface area contributed by atoms with Gasteiger partial charge in [0.05, 0.1) is 6.20 Å². The summed E-state index contributed by atoms with van der Waals surface area (Å²) in [7, 11) is -3.64. The minimum absolute atomic E-state index is 0.0567. The molecule has 6 nitrogen and oxygen atoms in total. The van der Waals surface area contributed by atoms with Crippen LogP contribution in [-0.2, 0) is 21.2 Å². The number of carbonyl (C=O) groups excluding carboxylic acids is 1. The first-order chi connectivity index (χ1) is 10.8. The number of sulfone groups is 1. The molecule has 0 saturated heterocycles. The van der Waals surface area contributed by atoms with Gasteiger partial charge in [-0.05, 0) is 18.9 Å². The van der Waals surface area contributed by atoms with Crippen LogP contribution >= 0.6 is 0 Å². The smallest absolute Gasteiger partial charge is 0.179 e. The number of ketones is 1. The summed E-state index contributed by atoms with van der Waals surface area (Å²) < 4.78 is 23.9. The Labute approximate surface area is 135 Å². The fraction of sp³-hybridized carbons (Fsp3) is 0.375. The van der Waals surface area contributed by atoms with Crippen LogP contribution in [0.15, 0.2) is 42.7 Å². The molecule has 23 heavy (non-hydrogen) atoms. The zero-order chi connectivity index (χ0) is 17.1. The highest BCUT2D eigenvalue weighted by Crippen LogP contribution is 2.24. The summed E-state index contributed by atoms with van der Waals surface area (Å²) >= 11 is 0. The Hall–Kier alpha value is -1.99. The minimum Gasteiger partial charge on any atom is -0.389 e. The highest BCUT2D eigenvalue weighted by Gasteiger charge is 2.42. The van der Waals surface area contributed by atoms with Crippen molar-refractivity contribution in [1.29, 1.82) is 0 Å². The maximum absolute atomic E-state index is 11.9. The first kappa shape index (κ1) is 17.4. The lowest BCUT2D eigenvalue weighted by molar-refractivity contribution is -0.124. The summed E-state index contributed by atoms with van der Waals surface area (Å²) in [6.07, 6.45) is 4.57. The Bertz CT molecular complexity index is 783. The molecule has 0 spiro atoms. The average Bonchev–Trinajstić information content (AvgIpc) is 3.00. The van der Waals surface area contributed by atoms with Crippen LogP contribution < -0.4 is 0 Å². The topological polar surface area (TPSA) is 89.3 Å². The number of aromatic nitrogens is 2. The third-order valence-electron chi connectivity index (χ3n) is 4.11. The zero-order valence-corrected chi connectivity index (χ0v) is 14.0. The molecule has 124 valence electrons. The standard InChI is InChI=1S/C16H20N2O4S/c1-16(15(20)12-19,23(2,21)22)8-9-18-11-14(10-17-18)13-6-4-3-5-7-13/h3-7,10-11,19H,8-9,12H2,1-2H3/t16-/m1/s1. The number of aryl methyl sites for hydroxylation is 1. The number of benzene rings is 1. The van der Waals surface area contributed by atoms with E-state index in [2.05, 4.69) is 5.10 Å². The summed E-state index contributed by atoms with van der Waals surface area (Å²) in [5, 5.41) is 13.3. The third kappa shape index (κ3) is 3.68. The number of hydrogen-bond donors (Lipinski definition) is 1. The molecule has 2 rings (SSSR count). The summed E-state index contributed by atoms with van der Waals surface area (Å²) in [5.74, 6) is -0.699. The van der Waals surface area contributed by atoms with Crippen molar-refractivity contribution in [2.24, 2.45) is 0 Å². The summed E-state index contributed by atoms with van der Waals surface area (Å²) in [6.45, 7) is 0.822. The molecule has 0 saturated carbocycles. The molecule has 0 bridgehead atoms. The number of Topliss-reactive ketones (excluding diaryl/α,β-unsaturated/α-hetero) is 1. The molecule has 2 aromatic rings. The molecule has 1 aromatic carbocycles. The van der Waals surface area contributed by atoms with Crippen molar-refractivity contribution in [3.8, 4) is 11.1 Å². The molecule has 0 fully saturated rings. The quantitative estimate of drug-likeness (QED) is 0.823. The molecule has 1 atom stereocenters. The van der Waals surface area contributed by atoms with Gasteiger partial charge < -0.3 is 5.11 Å². The molecule has 0 radical (unpaired) electrons. The van der Waals surface area contributed by atoms with E-state index in [1.54, 1.807) is 17.1 Å². The van der Waals surface area contributed by atoms with Gasteiger partial charge in [-0.3, -0.25) is 9.48 Å². The van der Waals surface area contributed by atoms with Crippen molar-refractivity contribution < 1.29 is 18.3 Å². The first-order valence-corrected chi connectivity index (χ1v) is 9.09. The number of hydrogen-bond acceptors (Lipinski definition) is 5. The van der Waals surface area contributed by atoms with Crippen molar-refractivity contribution >= 4 is 15.6 Å². The van der Waals surface area contributed by atoms with Gasteiger partial charge in [-0.25, -0.2) is 8.42 Å². The highest BCUT2D eigenvalue weighted by molar-refractivity contribution is 7.92. The molecular weight excluding hydrogens is 316 g/mol. The molecule has 1 heterocycles. The van der Waals surface area contributed by atoms with Crippen molar-refractivity contribution in [2.45, 2.75) is 24.6 Å². The van der Waals surface area contributed by atoms with Gasteiger partial charge in [-0.1, -0.05) is 30.3 Å². The Kier molecular flexibility index (Phi) is 5.01. The van der Waals surface area contributed by atoms with E-state index in [1.165, 1.54) is 6.92 Å². The lowest BCUT2D eigenvalue weighted by Gasteiger charge is -2.25. The van der Waals surface area contributed by atoms with Gasteiger partial charge in [0.15, 0.2) is 15.6 Å². The van der Waals surface area contributed by atoms with E-state index in [1.807, 2.05) is 30.3 Å². The molecule has 0 aliphatic heterocycles.